The molecule has 1 aliphatic rings. The minimum atomic E-state index is -0.314. The molecule has 0 spiro atoms. The number of carbonyl (C=O) groups is 2. The van der Waals surface area contributed by atoms with Crippen LogP contribution in [0.1, 0.15) is 11.1 Å². The van der Waals surface area contributed by atoms with Crippen LogP contribution in [-0.2, 0) is 9.59 Å². The van der Waals surface area contributed by atoms with Crippen molar-refractivity contribution in [1.29, 1.82) is 0 Å². The molecule has 0 aromatic heterocycles. The van der Waals surface area contributed by atoms with Crippen LogP contribution in [0.25, 0.3) is 6.08 Å². The van der Waals surface area contributed by atoms with Gasteiger partial charge in [0.05, 0.1) is 24.8 Å². The van der Waals surface area contributed by atoms with Crippen LogP contribution in [0.2, 0.25) is 0 Å². The van der Waals surface area contributed by atoms with Crippen LogP contribution in [0.5, 0.6) is 17.2 Å². The van der Waals surface area contributed by atoms with Gasteiger partial charge >= 0.3 is 0 Å². The van der Waals surface area contributed by atoms with E-state index in [1.165, 1.54) is 23.8 Å². The Morgan fingerprint density at radius 1 is 1.03 bits per heavy atom. The Bertz CT molecular complexity index is 1340. The molecule has 0 atom stereocenters. The number of methoxy groups -OCH3 is 2. The number of thioether (sulfide) groups is 1. The zero-order valence-corrected chi connectivity index (χ0v) is 21.6. The molecule has 1 fully saturated rings. The van der Waals surface area contributed by atoms with Gasteiger partial charge in [-0.15, -0.1) is 0 Å². The van der Waals surface area contributed by atoms with Gasteiger partial charge < -0.3 is 19.5 Å². The number of nitrogens with zero attached hydrogens (tertiary/aromatic N) is 1. The Balaban J connectivity index is 1.43. The molecular weight excluding hydrogens is 496 g/mol. The Labute approximate surface area is 219 Å². The van der Waals surface area contributed by atoms with Crippen molar-refractivity contribution in [2.24, 2.45) is 0 Å². The molecule has 7 nitrogen and oxygen atoms in total. The van der Waals surface area contributed by atoms with E-state index >= 15 is 0 Å². The molecule has 184 valence electrons. The second-order valence-corrected chi connectivity index (χ2v) is 9.51. The summed E-state index contributed by atoms with van der Waals surface area (Å²) in [7, 11) is 3.09. The Morgan fingerprint density at radius 3 is 2.50 bits per heavy atom. The van der Waals surface area contributed by atoms with Crippen LogP contribution in [-0.4, -0.2) is 37.0 Å². The number of aryl methyl sites for hydroxylation is 1. The predicted molar refractivity (Wildman–Crippen MR) is 147 cm³/mol. The average Bonchev–Trinajstić information content (AvgIpc) is 3.15. The van der Waals surface area contributed by atoms with Gasteiger partial charge in [0.15, 0.2) is 22.4 Å². The summed E-state index contributed by atoms with van der Waals surface area (Å²) < 4.78 is 16.7. The minimum absolute atomic E-state index is 0.176. The molecule has 2 amide bonds. The topological polar surface area (TPSA) is 77.1 Å². The van der Waals surface area contributed by atoms with Gasteiger partial charge in [-0.1, -0.05) is 42.2 Å². The first-order chi connectivity index (χ1) is 17.4. The SMILES string of the molecule is COc1ccc(NC(=O)COc2ccc(/C=C3\SC(=S)N(c4cccc(C)c4)C3=O)cc2OC)cc1. The summed E-state index contributed by atoms with van der Waals surface area (Å²) in [6.07, 6.45) is 1.76. The third-order valence-electron chi connectivity index (χ3n) is 5.27. The van der Waals surface area contributed by atoms with Crippen molar-refractivity contribution in [3.63, 3.8) is 0 Å². The zero-order chi connectivity index (χ0) is 25.7. The normalized spacial score (nSPS) is 14.2. The summed E-state index contributed by atoms with van der Waals surface area (Å²) in [5.41, 5.74) is 3.17. The van der Waals surface area contributed by atoms with Crippen molar-refractivity contribution in [3.05, 3.63) is 82.8 Å². The molecule has 0 unspecified atom stereocenters. The summed E-state index contributed by atoms with van der Waals surface area (Å²) in [4.78, 5) is 27.4. The van der Waals surface area contributed by atoms with Crippen LogP contribution in [0.3, 0.4) is 0 Å². The van der Waals surface area contributed by atoms with Crippen LogP contribution in [0, 0.1) is 6.92 Å². The highest BCUT2D eigenvalue weighted by Crippen LogP contribution is 2.37. The van der Waals surface area contributed by atoms with Crippen LogP contribution in [0.15, 0.2) is 71.6 Å². The van der Waals surface area contributed by atoms with E-state index in [-0.39, 0.29) is 18.4 Å². The van der Waals surface area contributed by atoms with Gasteiger partial charge in [0.25, 0.3) is 11.8 Å². The van der Waals surface area contributed by atoms with Gasteiger partial charge in [-0.3, -0.25) is 14.5 Å². The fourth-order valence-corrected chi connectivity index (χ4v) is 4.82. The summed E-state index contributed by atoms with van der Waals surface area (Å²) in [6, 6.07) is 19.9. The van der Waals surface area contributed by atoms with E-state index < -0.39 is 0 Å². The lowest BCUT2D eigenvalue weighted by atomic mass is 10.1. The highest BCUT2D eigenvalue weighted by atomic mass is 32.2. The fraction of sp³-hybridized carbons (Fsp3) is 0.148. The molecule has 36 heavy (non-hydrogen) atoms. The van der Waals surface area contributed by atoms with Gasteiger partial charge in [-0.2, -0.15) is 0 Å². The van der Waals surface area contributed by atoms with Crippen LogP contribution in [0.4, 0.5) is 11.4 Å². The highest BCUT2D eigenvalue weighted by Gasteiger charge is 2.33. The first-order valence-corrected chi connectivity index (χ1v) is 12.2. The van der Waals surface area contributed by atoms with Gasteiger partial charge in [0.1, 0.15) is 5.75 Å². The monoisotopic (exact) mass is 520 g/mol. The number of anilines is 2. The fourth-order valence-electron chi connectivity index (χ4n) is 3.52. The number of rotatable bonds is 8. The summed E-state index contributed by atoms with van der Waals surface area (Å²) >= 11 is 6.71. The van der Waals surface area contributed by atoms with Crippen molar-refractivity contribution in [3.8, 4) is 17.2 Å². The molecule has 0 aliphatic carbocycles. The maximum atomic E-state index is 13.1. The van der Waals surface area contributed by atoms with E-state index in [9.17, 15) is 9.59 Å². The molecular formula is C27H24N2O5S2. The van der Waals surface area contributed by atoms with E-state index in [2.05, 4.69) is 5.32 Å². The van der Waals surface area contributed by atoms with Crippen molar-refractivity contribution < 1.29 is 23.8 Å². The number of carbonyl (C=O) groups excluding carboxylic acids is 2. The van der Waals surface area contributed by atoms with Gasteiger partial charge in [-0.25, -0.2) is 0 Å². The van der Waals surface area contributed by atoms with Crippen LogP contribution >= 0.6 is 24.0 Å². The first kappa shape index (κ1) is 25.3. The lowest BCUT2D eigenvalue weighted by Crippen LogP contribution is -2.27. The average molecular weight is 521 g/mol. The van der Waals surface area contributed by atoms with Gasteiger partial charge in [0, 0.05) is 5.69 Å². The number of nitrogens with one attached hydrogen (secondary N) is 1. The highest BCUT2D eigenvalue weighted by molar-refractivity contribution is 8.27. The molecule has 3 aromatic rings. The van der Waals surface area contributed by atoms with Crippen molar-refractivity contribution in [2.75, 3.05) is 31.0 Å². The molecule has 1 aliphatic heterocycles. The molecule has 4 rings (SSSR count). The molecule has 0 radical (unpaired) electrons. The number of hydrogen-bond donors (Lipinski definition) is 1. The van der Waals surface area contributed by atoms with E-state index in [1.807, 2.05) is 31.2 Å². The van der Waals surface area contributed by atoms with Crippen molar-refractivity contribution in [1.82, 2.24) is 0 Å². The van der Waals surface area contributed by atoms with Gasteiger partial charge in [0.2, 0.25) is 0 Å². The molecule has 0 saturated carbocycles. The molecule has 1 saturated heterocycles. The second kappa shape index (κ2) is 11.3. The Morgan fingerprint density at radius 2 is 1.81 bits per heavy atom. The lowest BCUT2D eigenvalue weighted by molar-refractivity contribution is -0.118. The summed E-state index contributed by atoms with van der Waals surface area (Å²) in [5.74, 6) is 1.06. The van der Waals surface area contributed by atoms with Crippen molar-refractivity contribution >= 4 is 57.6 Å². The minimum Gasteiger partial charge on any atom is -0.497 e. The van der Waals surface area contributed by atoms with E-state index in [0.29, 0.717) is 32.2 Å². The maximum absolute atomic E-state index is 13.1. The predicted octanol–water partition coefficient (Wildman–Crippen LogP) is 5.44. The number of ether oxygens (including phenoxy) is 3. The lowest BCUT2D eigenvalue weighted by Gasteiger charge is -2.14. The summed E-state index contributed by atoms with van der Waals surface area (Å²) in [5, 5.41) is 2.76. The quantitative estimate of drug-likeness (QED) is 0.313. The van der Waals surface area contributed by atoms with Crippen LogP contribution < -0.4 is 24.4 Å². The maximum Gasteiger partial charge on any atom is 0.270 e. The first-order valence-electron chi connectivity index (χ1n) is 11.0. The number of hydrogen-bond acceptors (Lipinski definition) is 7. The standard InChI is InChI=1S/C27H24N2O5S2/c1-17-5-4-6-20(13-17)29-26(31)24(36-27(29)35)15-18-7-12-22(23(14-18)33-3)34-16-25(30)28-19-8-10-21(32-2)11-9-19/h4-15H,16H2,1-3H3,(H,28,30)/b24-15-. The second-order valence-electron chi connectivity index (χ2n) is 7.83. The molecule has 0 bridgehead atoms. The zero-order valence-electron chi connectivity index (χ0n) is 19.9. The Kier molecular flexibility index (Phi) is 7.92. The molecule has 1 N–H and O–H groups in total. The number of benzene rings is 3. The van der Waals surface area contributed by atoms with Gasteiger partial charge in [-0.05, 0) is 72.7 Å². The smallest absolute Gasteiger partial charge is 0.270 e. The molecule has 9 heteroatoms. The van der Waals surface area contributed by atoms with E-state index in [4.69, 9.17) is 26.4 Å². The van der Waals surface area contributed by atoms with E-state index in [0.717, 1.165) is 16.8 Å². The van der Waals surface area contributed by atoms with Crippen molar-refractivity contribution in [2.45, 2.75) is 6.92 Å². The third kappa shape index (κ3) is 5.87. The third-order valence-corrected chi connectivity index (χ3v) is 6.57. The van der Waals surface area contributed by atoms with E-state index in [1.54, 1.807) is 55.7 Å². The Hall–Kier alpha value is -3.82. The largest absolute Gasteiger partial charge is 0.497 e. The number of amides is 2. The molecule has 1 heterocycles. The number of thiocarbonyl (C=S) groups is 1. The molecule has 3 aromatic carbocycles. The summed E-state index contributed by atoms with van der Waals surface area (Å²) in [6.45, 7) is 1.77.